The summed E-state index contributed by atoms with van der Waals surface area (Å²) in [6.07, 6.45) is -7.16. The second-order valence-corrected chi connectivity index (χ2v) is 9.65. The summed E-state index contributed by atoms with van der Waals surface area (Å²) in [5, 5.41) is 17.1. The van der Waals surface area contributed by atoms with E-state index in [1.54, 1.807) is 0 Å². The van der Waals surface area contributed by atoms with Gasteiger partial charge < -0.3 is 15.7 Å². The second-order valence-electron chi connectivity index (χ2n) is 9.65. The number of nitrogens with one attached hydrogen (secondary N) is 3. The number of carbonyl (C=O) groups excluding carboxylic acids is 2. The van der Waals surface area contributed by atoms with Crippen molar-refractivity contribution in [1.82, 2.24) is 16.0 Å². The molecule has 1 aromatic carbocycles. The molecule has 4 atom stereocenters. The first-order chi connectivity index (χ1) is 16.6. The lowest BCUT2D eigenvalue weighted by atomic mass is 9.96. The maximum absolute atomic E-state index is 14.7. The second kappa shape index (κ2) is 12.3. The number of rotatable bonds is 13. The molecule has 0 bridgehead atoms. The first-order valence-electron chi connectivity index (χ1n) is 11.9. The smallest absolute Gasteiger partial charge is 0.381 e. The van der Waals surface area contributed by atoms with Crippen LogP contribution >= 0.6 is 0 Å². The lowest BCUT2D eigenvalue weighted by Crippen LogP contribution is -2.57. The van der Waals surface area contributed by atoms with Gasteiger partial charge in [0.05, 0.1) is 12.1 Å². The van der Waals surface area contributed by atoms with Crippen molar-refractivity contribution in [1.29, 1.82) is 0 Å². The van der Waals surface area contributed by atoms with Crippen molar-refractivity contribution < 1.29 is 41.0 Å². The number of aliphatic hydroxyl groups excluding tert-OH is 1. The van der Waals surface area contributed by atoms with Crippen molar-refractivity contribution in [2.75, 3.05) is 0 Å². The van der Waals surface area contributed by atoms with Crippen LogP contribution in [-0.2, 0) is 9.59 Å². The topological polar surface area (TPSA) is 90.5 Å². The van der Waals surface area contributed by atoms with Crippen LogP contribution in [0.1, 0.15) is 64.5 Å². The molecule has 6 nitrogen and oxygen atoms in total. The van der Waals surface area contributed by atoms with Crippen molar-refractivity contribution >= 4 is 11.8 Å². The van der Waals surface area contributed by atoms with Crippen LogP contribution in [0.3, 0.4) is 0 Å². The van der Waals surface area contributed by atoms with E-state index in [9.17, 15) is 41.0 Å². The largest absolute Gasteiger partial charge is 0.407 e. The molecule has 1 fully saturated rings. The molecule has 0 aromatic heterocycles. The lowest BCUT2D eigenvalue weighted by Gasteiger charge is -2.31. The Hall–Kier alpha value is -2.34. The third-order valence-electron chi connectivity index (χ3n) is 5.77. The summed E-state index contributed by atoms with van der Waals surface area (Å²) in [4.78, 5) is 25.2. The fourth-order valence-electron chi connectivity index (χ4n) is 3.83. The summed E-state index contributed by atoms with van der Waals surface area (Å²) in [6.45, 7) is 4.54. The van der Waals surface area contributed by atoms with E-state index in [4.69, 9.17) is 0 Å². The van der Waals surface area contributed by atoms with E-state index in [0.717, 1.165) is 37.1 Å². The molecule has 0 saturated heterocycles. The Kier molecular flexibility index (Phi) is 10.2. The number of benzene rings is 1. The number of hydrogen-bond donors (Lipinski definition) is 4. The molecule has 1 aromatic rings. The highest BCUT2D eigenvalue weighted by Gasteiger charge is 2.45. The predicted octanol–water partition coefficient (Wildman–Crippen LogP) is 3.99. The van der Waals surface area contributed by atoms with E-state index in [0.29, 0.717) is 0 Å². The van der Waals surface area contributed by atoms with Gasteiger partial charge in [-0.3, -0.25) is 14.9 Å². The summed E-state index contributed by atoms with van der Waals surface area (Å²) in [7, 11) is 0. The lowest BCUT2D eigenvalue weighted by molar-refractivity contribution is -0.163. The molecule has 0 heterocycles. The maximum Gasteiger partial charge on any atom is 0.407 e. The predicted molar refractivity (Wildman–Crippen MR) is 121 cm³/mol. The highest BCUT2D eigenvalue weighted by Crippen LogP contribution is 2.35. The Morgan fingerprint density at radius 3 is 2.08 bits per heavy atom. The number of hydrogen-bond acceptors (Lipinski definition) is 4. The molecule has 204 valence electrons. The summed E-state index contributed by atoms with van der Waals surface area (Å²) >= 11 is 0. The fourth-order valence-corrected chi connectivity index (χ4v) is 3.83. The highest BCUT2D eigenvalue weighted by molar-refractivity contribution is 5.85. The Morgan fingerprint density at radius 1 is 1.03 bits per heavy atom. The van der Waals surface area contributed by atoms with Gasteiger partial charge in [-0.1, -0.05) is 32.9 Å². The zero-order valence-electron chi connectivity index (χ0n) is 20.3. The Morgan fingerprint density at radius 2 is 1.61 bits per heavy atom. The molecular formula is C24H33F6N3O3. The Balaban J connectivity index is 2.29. The van der Waals surface area contributed by atoms with Crippen LogP contribution in [0.2, 0.25) is 0 Å². The van der Waals surface area contributed by atoms with E-state index < -0.39 is 78.3 Å². The van der Waals surface area contributed by atoms with Gasteiger partial charge in [0, 0.05) is 18.9 Å². The standard InChI is InChI=1S/C24H33F6N3O3/c1-4-17(19(34)22(36)31-16-9-10-16)33-21(35)18(12-23(26,27)11-13(2)3)32-20(24(28,29)30)14-5-7-15(25)8-6-14/h5-8,13,16-20,32,34H,4,9-12H2,1-3H3,(H,31,36)(H,33,35)/t17-,18-,19?,20-/m0/s1. The van der Waals surface area contributed by atoms with Crippen molar-refractivity contribution in [3.8, 4) is 0 Å². The van der Waals surface area contributed by atoms with Gasteiger partial charge in [-0.15, -0.1) is 0 Å². The van der Waals surface area contributed by atoms with Gasteiger partial charge in [0.1, 0.15) is 11.9 Å². The number of alkyl halides is 5. The quantitative estimate of drug-likeness (QED) is 0.293. The van der Waals surface area contributed by atoms with E-state index in [-0.39, 0.29) is 12.5 Å². The van der Waals surface area contributed by atoms with Crippen molar-refractivity contribution in [2.24, 2.45) is 5.92 Å². The molecule has 1 aliphatic carbocycles. The number of aliphatic hydroxyl groups is 1. The molecular weight excluding hydrogens is 492 g/mol. The normalized spacial score (nSPS) is 17.9. The zero-order valence-corrected chi connectivity index (χ0v) is 20.3. The van der Waals surface area contributed by atoms with Crippen LogP contribution in [0.4, 0.5) is 26.3 Å². The number of amides is 2. The van der Waals surface area contributed by atoms with Gasteiger partial charge in [0.2, 0.25) is 11.8 Å². The highest BCUT2D eigenvalue weighted by atomic mass is 19.4. The van der Waals surface area contributed by atoms with Gasteiger partial charge in [-0.05, 0) is 42.9 Å². The molecule has 1 unspecified atom stereocenters. The first-order valence-corrected chi connectivity index (χ1v) is 11.9. The van der Waals surface area contributed by atoms with Gasteiger partial charge in [0.15, 0.2) is 6.10 Å². The molecule has 2 rings (SSSR count). The van der Waals surface area contributed by atoms with E-state index in [2.05, 4.69) is 10.6 Å². The summed E-state index contributed by atoms with van der Waals surface area (Å²) in [5.74, 6) is -6.78. The fraction of sp³-hybridized carbons (Fsp3) is 0.667. The van der Waals surface area contributed by atoms with E-state index in [1.807, 2.05) is 5.32 Å². The van der Waals surface area contributed by atoms with Crippen molar-refractivity contribution in [3.63, 3.8) is 0 Å². The minimum Gasteiger partial charge on any atom is -0.381 e. The van der Waals surface area contributed by atoms with Gasteiger partial charge in [0.25, 0.3) is 5.91 Å². The molecule has 4 N–H and O–H groups in total. The van der Waals surface area contributed by atoms with Crippen LogP contribution < -0.4 is 16.0 Å². The molecule has 1 aliphatic rings. The van der Waals surface area contributed by atoms with Gasteiger partial charge >= 0.3 is 6.18 Å². The third-order valence-corrected chi connectivity index (χ3v) is 5.77. The summed E-state index contributed by atoms with van der Waals surface area (Å²) < 4.78 is 84.3. The zero-order chi connectivity index (χ0) is 27.3. The molecule has 36 heavy (non-hydrogen) atoms. The summed E-state index contributed by atoms with van der Waals surface area (Å²) in [6, 6.07) is -2.61. The third kappa shape index (κ3) is 9.27. The molecule has 12 heteroatoms. The maximum atomic E-state index is 14.7. The van der Waals surface area contributed by atoms with Crippen LogP contribution in [-0.4, -0.2) is 53.2 Å². The first kappa shape index (κ1) is 29.9. The van der Waals surface area contributed by atoms with E-state index >= 15 is 0 Å². The van der Waals surface area contributed by atoms with Crippen molar-refractivity contribution in [3.05, 3.63) is 35.6 Å². The monoisotopic (exact) mass is 525 g/mol. The Labute approximate surface area is 206 Å². The summed E-state index contributed by atoms with van der Waals surface area (Å²) in [5.41, 5.74) is -0.468. The average Bonchev–Trinajstić information content (AvgIpc) is 3.57. The van der Waals surface area contributed by atoms with E-state index in [1.165, 1.54) is 20.8 Å². The minimum absolute atomic E-state index is 0.0146. The molecule has 2 amide bonds. The van der Waals surface area contributed by atoms with Crippen LogP contribution in [0.5, 0.6) is 0 Å². The minimum atomic E-state index is -5.00. The van der Waals surface area contributed by atoms with Crippen LogP contribution in [0.25, 0.3) is 0 Å². The average molecular weight is 526 g/mol. The SMILES string of the molecule is CC[C@H](NC(=O)[C@H](CC(F)(F)CC(C)C)N[C@@H](c1ccc(F)cc1)C(F)(F)F)C(O)C(=O)NC1CC1. The molecule has 0 radical (unpaired) electrons. The van der Waals surface area contributed by atoms with Crippen LogP contribution in [0.15, 0.2) is 24.3 Å². The van der Waals surface area contributed by atoms with Gasteiger partial charge in [-0.25, -0.2) is 13.2 Å². The van der Waals surface area contributed by atoms with Gasteiger partial charge in [-0.2, -0.15) is 13.2 Å². The molecule has 0 spiro atoms. The van der Waals surface area contributed by atoms with Crippen molar-refractivity contribution in [2.45, 2.75) is 95.2 Å². The Bertz CT molecular complexity index is 875. The number of halogens is 6. The number of carbonyl (C=O) groups is 2. The molecule has 0 aliphatic heterocycles. The molecule has 1 saturated carbocycles. The van der Waals surface area contributed by atoms with Crippen LogP contribution in [0, 0.1) is 11.7 Å².